The van der Waals surface area contributed by atoms with Crippen molar-refractivity contribution < 1.29 is 0 Å². The number of hydrogen-bond donors (Lipinski definition) is 1. The molecule has 0 atom stereocenters. The molecule has 0 saturated heterocycles. The number of aromatic nitrogens is 1. The lowest BCUT2D eigenvalue weighted by Crippen LogP contribution is -1.98. The highest BCUT2D eigenvalue weighted by atomic mass is 32.1. The highest BCUT2D eigenvalue weighted by molar-refractivity contribution is 7.79. The van der Waals surface area contributed by atoms with Gasteiger partial charge in [0.1, 0.15) is 0 Å². The first-order chi connectivity index (χ1) is 5.72. The molecule has 66 valence electrons. The van der Waals surface area contributed by atoms with Gasteiger partial charge in [-0.25, -0.2) is 0 Å². The summed E-state index contributed by atoms with van der Waals surface area (Å²) in [6.45, 7) is 4.41. The van der Waals surface area contributed by atoms with Gasteiger partial charge in [0.2, 0.25) is 0 Å². The second kappa shape index (κ2) is 4.51. The quantitative estimate of drug-likeness (QED) is 0.707. The summed E-state index contributed by atoms with van der Waals surface area (Å²) < 4.78 is 0. The van der Waals surface area contributed by atoms with Gasteiger partial charge < -0.3 is 0 Å². The molecule has 1 rings (SSSR count). The molecule has 0 unspecified atom stereocenters. The van der Waals surface area contributed by atoms with Gasteiger partial charge in [-0.05, 0) is 24.5 Å². The third-order valence-electron chi connectivity index (χ3n) is 1.64. The Balaban J connectivity index is 2.72. The summed E-state index contributed by atoms with van der Waals surface area (Å²) in [5, 5.41) is 0. The highest BCUT2D eigenvalue weighted by Gasteiger charge is 1.99. The largest absolute Gasteiger partial charge is 0.257 e. The Morgan fingerprint density at radius 1 is 1.33 bits per heavy atom. The maximum atomic E-state index is 4.46. The van der Waals surface area contributed by atoms with E-state index in [-0.39, 0.29) is 0 Å². The first-order valence-corrected chi connectivity index (χ1v) is 4.91. The minimum absolute atomic E-state index is 0.674. The predicted octanol–water partition coefficient (Wildman–Crippen LogP) is 2.71. The summed E-state index contributed by atoms with van der Waals surface area (Å²) in [6.07, 6.45) is 1.06. The molecule has 0 N–H and O–H groups in total. The van der Waals surface area contributed by atoms with Gasteiger partial charge in [-0.15, -0.1) is 0 Å². The molecule has 0 fully saturated rings. The van der Waals surface area contributed by atoms with Crippen LogP contribution in [0.4, 0.5) is 0 Å². The fourth-order valence-electron chi connectivity index (χ4n) is 1.15. The Kier molecular flexibility index (Phi) is 3.60. The van der Waals surface area contributed by atoms with Crippen molar-refractivity contribution in [1.29, 1.82) is 0 Å². The van der Waals surface area contributed by atoms with Crippen molar-refractivity contribution in [2.24, 2.45) is 5.92 Å². The lowest BCUT2D eigenvalue weighted by molar-refractivity contribution is 0.634. The molecule has 1 aromatic heterocycles. The van der Waals surface area contributed by atoms with Crippen molar-refractivity contribution in [3.63, 3.8) is 0 Å². The summed E-state index contributed by atoms with van der Waals surface area (Å²) >= 11 is 4.19. The van der Waals surface area contributed by atoms with E-state index in [1.54, 1.807) is 0 Å². The van der Waals surface area contributed by atoms with Crippen molar-refractivity contribution >= 4 is 12.6 Å². The van der Waals surface area contributed by atoms with Crippen LogP contribution >= 0.6 is 12.6 Å². The molecule has 2 heteroatoms. The fourth-order valence-corrected chi connectivity index (χ4v) is 1.33. The second-order valence-electron chi connectivity index (χ2n) is 3.38. The highest BCUT2D eigenvalue weighted by Crippen LogP contribution is 2.07. The van der Waals surface area contributed by atoms with Crippen molar-refractivity contribution in [2.45, 2.75) is 26.0 Å². The van der Waals surface area contributed by atoms with Crippen LogP contribution in [-0.4, -0.2) is 4.98 Å². The Bertz CT molecular complexity index is 245. The van der Waals surface area contributed by atoms with E-state index in [0.29, 0.717) is 5.92 Å². The molecule has 0 saturated carbocycles. The summed E-state index contributed by atoms with van der Waals surface area (Å²) in [6, 6.07) is 6.14. The van der Waals surface area contributed by atoms with Crippen molar-refractivity contribution in [2.75, 3.05) is 0 Å². The van der Waals surface area contributed by atoms with Gasteiger partial charge in [-0.2, -0.15) is 12.6 Å². The number of hydrogen-bond acceptors (Lipinski definition) is 2. The van der Waals surface area contributed by atoms with Crippen LogP contribution in [0.25, 0.3) is 0 Å². The van der Waals surface area contributed by atoms with Crippen molar-refractivity contribution in [3.8, 4) is 0 Å². The lowest BCUT2D eigenvalue weighted by atomic mass is 10.1. The third kappa shape index (κ3) is 2.86. The molecule has 1 heterocycles. The van der Waals surface area contributed by atoms with Crippen LogP contribution in [0, 0.1) is 5.92 Å². The number of pyridine rings is 1. The van der Waals surface area contributed by atoms with Gasteiger partial charge in [0.05, 0.1) is 5.69 Å². The number of nitrogens with zero attached hydrogens (tertiary/aromatic N) is 1. The average Bonchev–Trinajstić information content (AvgIpc) is 2.03. The van der Waals surface area contributed by atoms with E-state index in [1.807, 2.05) is 6.07 Å². The summed E-state index contributed by atoms with van der Waals surface area (Å²) in [7, 11) is 0. The molecule has 0 aromatic carbocycles. The molecule has 0 bridgehead atoms. The molecule has 0 aliphatic heterocycles. The fraction of sp³-hybridized carbons (Fsp3) is 0.500. The maximum absolute atomic E-state index is 4.46. The monoisotopic (exact) mass is 181 g/mol. The van der Waals surface area contributed by atoms with Crippen LogP contribution in [0.1, 0.15) is 25.2 Å². The minimum Gasteiger partial charge on any atom is -0.257 e. The van der Waals surface area contributed by atoms with Crippen LogP contribution in [-0.2, 0) is 12.2 Å². The zero-order valence-corrected chi connectivity index (χ0v) is 8.51. The zero-order valence-electron chi connectivity index (χ0n) is 7.62. The van der Waals surface area contributed by atoms with E-state index < -0.39 is 0 Å². The number of thiol groups is 1. The normalized spacial score (nSPS) is 10.7. The molecular formula is C10H15NS. The van der Waals surface area contributed by atoms with E-state index in [9.17, 15) is 0 Å². The van der Waals surface area contributed by atoms with E-state index >= 15 is 0 Å². The smallest absolute Gasteiger partial charge is 0.0503 e. The zero-order chi connectivity index (χ0) is 8.97. The van der Waals surface area contributed by atoms with E-state index in [0.717, 1.165) is 17.9 Å². The molecule has 12 heavy (non-hydrogen) atoms. The molecular weight excluding hydrogens is 166 g/mol. The Hall–Kier alpha value is -0.500. The van der Waals surface area contributed by atoms with E-state index in [1.165, 1.54) is 5.69 Å². The Morgan fingerprint density at radius 2 is 2.00 bits per heavy atom. The average molecular weight is 181 g/mol. The van der Waals surface area contributed by atoms with Gasteiger partial charge in [0.15, 0.2) is 0 Å². The van der Waals surface area contributed by atoms with Gasteiger partial charge in [-0.1, -0.05) is 19.9 Å². The minimum atomic E-state index is 0.674. The topological polar surface area (TPSA) is 12.9 Å². The third-order valence-corrected chi connectivity index (χ3v) is 1.97. The van der Waals surface area contributed by atoms with Crippen LogP contribution < -0.4 is 0 Å². The lowest BCUT2D eigenvalue weighted by Gasteiger charge is -2.04. The summed E-state index contributed by atoms with van der Waals surface area (Å²) in [4.78, 5) is 4.46. The molecule has 0 amide bonds. The Morgan fingerprint density at radius 3 is 2.58 bits per heavy atom. The molecule has 0 aliphatic rings. The van der Waals surface area contributed by atoms with Crippen LogP contribution in [0.2, 0.25) is 0 Å². The van der Waals surface area contributed by atoms with Crippen molar-refractivity contribution in [1.82, 2.24) is 4.98 Å². The van der Waals surface area contributed by atoms with Crippen LogP contribution in [0.3, 0.4) is 0 Å². The second-order valence-corrected chi connectivity index (χ2v) is 3.69. The molecule has 1 aromatic rings. The summed E-state index contributed by atoms with van der Waals surface area (Å²) in [5.41, 5.74) is 2.24. The SMILES string of the molecule is CC(C)Cc1cccc(CS)n1. The van der Waals surface area contributed by atoms with Gasteiger partial charge >= 0.3 is 0 Å². The molecule has 0 aliphatic carbocycles. The molecule has 0 radical (unpaired) electrons. The van der Waals surface area contributed by atoms with Crippen LogP contribution in [0.5, 0.6) is 0 Å². The predicted molar refractivity (Wildman–Crippen MR) is 55.5 cm³/mol. The van der Waals surface area contributed by atoms with Crippen LogP contribution in [0.15, 0.2) is 18.2 Å². The summed E-state index contributed by atoms with van der Waals surface area (Å²) in [5.74, 6) is 1.40. The molecule has 0 spiro atoms. The first-order valence-electron chi connectivity index (χ1n) is 4.28. The van der Waals surface area contributed by atoms with E-state index in [2.05, 4.69) is 43.6 Å². The van der Waals surface area contributed by atoms with Crippen molar-refractivity contribution in [3.05, 3.63) is 29.6 Å². The van der Waals surface area contributed by atoms with Gasteiger partial charge in [0.25, 0.3) is 0 Å². The number of rotatable bonds is 3. The standard InChI is InChI=1S/C10H15NS/c1-8(2)6-9-4-3-5-10(7-12)11-9/h3-5,8,12H,6-7H2,1-2H3. The first kappa shape index (κ1) is 9.59. The maximum Gasteiger partial charge on any atom is 0.0503 e. The van der Waals surface area contributed by atoms with Gasteiger partial charge in [-0.3, -0.25) is 4.98 Å². The van der Waals surface area contributed by atoms with E-state index in [4.69, 9.17) is 0 Å². The van der Waals surface area contributed by atoms with Gasteiger partial charge in [0, 0.05) is 11.4 Å². The Labute approximate surface area is 79.6 Å². The molecule has 1 nitrogen and oxygen atoms in total.